The van der Waals surface area contributed by atoms with Crippen LogP contribution >= 0.6 is 0 Å². The fourth-order valence-electron chi connectivity index (χ4n) is 3.85. The second kappa shape index (κ2) is 8.28. The van der Waals surface area contributed by atoms with Gasteiger partial charge in [-0.25, -0.2) is 4.79 Å². The van der Waals surface area contributed by atoms with Gasteiger partial charge in [-0.1, -0.05) is 12.1 Å². The minimum Gasteiger partial charge on any atom is -0.481 e. The molecular weight excluding hydrogens is 362 g/mol. The van der Waals surface area contributed by atoms with Gasteiger partial charge < -0.3 is 26.8 Å². The molecule has 1 heterocycles. The van der Waals surface area contributed by atoms with Crippen molar-refractivity contribution < 1.29 is 19.5 Å². The summed E-state index contributed by atoms with van der Waals surface area (Å²) in [5.41, 5.74) is 8.54. The van der Waals surface area contributed by atoms with Crippen molar-refractivity contribution in [2.45, 2.75) is 44.2 Å². The number of rotatable bonds is 6. The quantitative estimate of drug-likeness (QED) is 0.301. The monoisotopic (exact) mass is 387 g/mol. The van der Waals surface area contributed by atoms with Gasteiger partial charge in [-0.15, -0.1) is 0 Å². The molecule has 3 atom stereocenters. The molecule has 150 valence electrons. The van der Waals surface area contributed by atoms with Crippen molar-refractivity contribution in [1.29, 1.82) is 5.41 Å². The van der Waals surface area contributed by atoms with Crippen molar-refractivity contribution in [2.24, 2.45) is 11.7 Å². The van der Waals surface area contributed by atoms with E-state index in [1.165, 1.54) is 0 Å². The zero-order valence-electron chi connectivity index (χ0n) is 15.5. The van der Waals surface area contributed by atoms with Crippen molar-refractivity contribution in [3.8, 4) is 0 Å². The molecule has 7 N–H and O–H groups in total. The Morgan fingerprint density at radius 3 is 2.82 bits per heavy atom. The predicted molar refractivity (Wildman–Crippen MR) is 102 cm³/mol. The van der Waals surface area contributed by atoms with Gasteiger partial charge in [0, 0.05) is 24.2 Å². The number of hydrogen-bond acceptors (Lipinski definition) is 4. The molecule has 1 aromatic rings. The Hall–Kier alpha value is -3.10. The van der Waals surface area contributed by atoms with Crippen molar-refractivity contribution in [2.75, 3.05) is 6.54 Å². The molecule has 0 bridgehead atoms. The molecule has 9 heteroatoms. The summed E-state index contributed by atoms with van der Waals surface area (Å²) >= 11 is 0. The highest BCUT2D eigenvalue weighted by Gasteiger charge is 2.33. The van der Waals surface area contributed by atoms with E-state index in [1.807, 2.05) is 18.2 Å². The van der Waals surface area contributed by atoms with Crippen LogP contribution in [0, 0.1) is 11.3 Å². The lowest BCUT2D eigenvalue weighted by Gasteiger charge is -2.26. The molecule has 9 nitrogen and oxygen atoms in total. The molecule has 1 aliphatic heterocycles. The summed E-state index contributed by atoms with van der Waals surface area (Å²) in [4.78, 5) is 34.7. The Kier molecular flexibility index (Phi) is 5.81. The van der Waals surface area contributed by atoms with Crippen molar-refractivity contribution in [3.63, 3.8) is 0 Å². The third-order valence-electron chi connectivity index (χ3n) is 5.30. The maximum absolute atomic E-state index is 12.2. The summed E-state index contributed by atoms with van der Waals surface area (Å²) in [7, 11) is 0. The summed E-state index contributed by atoms with van der Waals surface area (Å²) in [6.45, 7) is 0.263. The standard InChI is InChI=1S/C19H25N5O4/c20-17(21)12-2-1-11-6-14(4-3-10(11)5-12)24-19(28)22-9-15-7-13(8-16(25)26)18(27)23-15/h1-2,5,13-15H,3-4,6-9H2,(H3,20,21)(H,23,27)(H,25,26)(H2,22,24,28)/t13-,14?,15-/m0/s1. The lowest BCUT2D eigenvalue weighted by molar-refractivity contribution is -0.140. The first kappa shape index (κ1) is 19.7. The number of amidine groups is 1. The SMILES string of the molecule is N=C(N)c1ccc2c(c1)CCC(NC(=O)NC[C@@H]1C[C@@H](CC(=O)O)C(=O)N1)C2. The molecule has 2 aliphatic rings. The highest BCUT2D eigenvalue weighted by Crippen LogP contribution is 2.23. The zero-order chi connectivity index (χ0) is 20.3. The lowest BCUT2D eigenvalue weighted by atomic mass is 9.87. The number of carboxylic acid groups (broad SMARTS) is 1. The molecule has 1 unspecified atom stereocenters. The number of nitrogens with one attached hydrogen (secondary N) is 4. The molecule has 0 spiro atoms. The van der Waals surface area contributed by atoms with E-state index < -0.39 is 11.9 Å². The average Bonchev–Trinajstić information content (AvgIpc) is 2.98. The van der Waals surface area contributed by atoms with E-state index in [0.29, 0.717) is 18.4 Å². The van der Waals surface area contributed by atoms with Gasteiger partial charge in [-0.2, -0.15) is 0 Å². The Labute approximate surface area is 162 Å². The number of fused-ring (bicyclic) bond motifs is 1. The highest BCUT2D eigenvalue weighted by atomic mass is 16.4. The van der Waals surface area contributed by atoms with Crippen LogP contribution in [0.25, 0.3) is 0 Å². The topological polar surface area (TPSA) is 157 Å². The van der Waals surface area contributed by atoms with E-state index in [2.05, 4.69) is 16.0 Å². The van der Waals surface area contributed by atoms with Crippen molar-refractivity contribution in [1.82, 2.24) is 16.0 Å². The predicted octanol–water partition coefficient (Wildman–Crippen LogP) is 0.107. The Morgan fingerprint density at radius 2 is 2.11 bits per heavy atom. The minimum atomic E-state index is -1.00. The second-order valence-corrected chi connectivity index (χ2v) is 7.43. The zero-order valence-corrected chi connectivity index (χ0v) is 15.5. The fourth-order valence-corrected chi connectivity index (χ4v) is 3.85. The Bertz CT molecular complexity index is 810. The molecule has 1 fully saturated rings. The number of nitrogens with two attached hydrogens (primary N) is 1. The van der Waals surface area contributed by atoms with Crippen LogP contribution in [0.4, 0.5) is 4.79 Å². The van der Waals surface area contributed by atoms with Crippen LogP contribution in [0.15, 0.2) is 18.2 Å². The molecule has 0 saturated carbocycles. The normalized spacial score (nSPS) is 23.4. The first-order chi connectivity index (χ1) is 13.3. The molecule has 1 saturated heterocycles. The number of aryl methyl sites for hydroxylation is 1. The number of nitrogen functional groups attached to an aromatic ring is 1. The molecule has 28 heavy (non-hydrogen) atoms. The summed E-state index contributed by atoms with van der Waals surface area (Å²) in [6, 6.07) is 5.16. The van der Waals surface area contributed by atoms with Gasteiger partial charge in [0.05, 0.1) is 12.3 Å². The van der Waals surface area contributed by atoms with Crippen LogP contribution in [-0.2, 0) is 22.4 Å². The van der Waals surface area contributed by atoms with Crippen LogP contribution in [0.2, 0.25) is 0 Å². The molecule has 1 aliphatic carbocycles. The molecule has 3 rings (SSSR count). The first-order valence-electron chi connectivity index (χ1n) is 9.34. The van der Waals surface area contributed by atoms with Crippen LogP contribution < -0.4 is 21.7 Å². The van der Waals surface area contributed by atoms with Gasteiger partial charge in [0.1, 0.15) is 5.84 Å². The molecule has 1 aromatic carbocycles. The van der Waals surface area contributed by atoms with E-state index in [4.69, 9.17) is 16.2 Å². The Morgan fingerprint density at radius 1 is 1.32 bits per heavy atom. The molecule has 0 radical (unpaired) electrons. The summed E-state index contributed by atoms with van der Waals surface area (Å²) in [6.07, 6.45) is 2.52. The van der Waals surface area contributed by atoms with Gasteiger partial charge in [0.15, 0.2) is 0 Å². The largest absolute Gasteiger partial charge is 0.481 e. The maximum atomic E-state index is 12.2. The Balaban J connectivity index is 1.45. The van der Waals surface area contributed by atoms with E-state index >= 15 is 0 Å². The van der Waals surface area contributed by atoms with Crippen LogP contribution in [-0.4, -0.2) is 47.5 Å². The van der Waals surface area contributed by atoms with E-state index in [-0.39, 0.29) is 42.8 Å². The van der Waals surface area contributed by atoms with Crippen LogP contribution in [0.5, 0.6) is 0 Å². The maximum Gasteiger partial charge on any atom is 0.315 e. The van der Waals surface area contributed by atoms with Gasteiger partial charge in [-0.3, -0.25) is 15.0 Å². The number of carbonyl (C=O) groups excluding carboxylic acids is 2. The fraction of sp³-hybridized carbons (Fsp3) is 0.474. The second-order valence-electron chi connectivity index (χ2n) is 7.43. The summed E-state index contributed by atoms with van der Waals surface area (Å²) in [5.74, 6) is -1.77. The minimum absolute atomic E-state index is 0.00797. The molecule has 3 amide bonds. The number of carbonyl (C=O) groups is 3. The van der Waals surface area contributed by atoms with Gasteiger partial charge >= 0.3 is 12.0 Å². The highest BCUT2D eigenvalue weighted by molar-refractivity contribution is 5.95. The van der Waals surface area contributed by atoms with Gasteiger partial charge in [0.25, 0.3) is 0 Å². The van der Waals surface area contributed by atoms with E-state index in [0.717, 1.165) is 24.0 Å². The van der Waals surface area contributed by atoms with Gasteiger partial charge in [0.2, 0.25) is 5.91 Å². The first-order valence-corrected chi connectivity index (χ1v) is 9.34. The summed E-state index contributed by atoms with van der Waals surface area (Å²) in [5, 5.41) is 24.8. The third kappa shape index (κ3) is 4.79. The van der Waals surface area contributed by atoms with Crippen LogP contribution in [0.1, 0.15) is 36.0 Å². The summed E-state index contributed by atoms with van der Waals surface area (Å²) < 4.78 is 0. The van der Waals surface area contributed by atoms with Crippen molar-refractivity contribution in [3.05, 3.63) is 34.9 Å². The number of benzene rings is 1. The van der Waals surface area contributed by atoms with E-state index in [1.54, 1.807) is 0 Å². The van der Waals surface area contributed by atoms with E-state index in [9.17, 15) is 14.4 Å². The van der Waals surface area contributed by atoms with Gasteiger partial charge in [-0.05, 0) is 42.9 Å². The van der Waals surface area contributed by atoms with Crippen molar-refractivity contribution >= 4 is 23.7 Å². The number of hydrogen-bond donors (Lipinski definition) is 6. The number of carboxylic acids is 1. The number of amides is 3. The third-order valence-corrected chi connectivity index (χ3v) is 5.30. The lowest BCUT2D eigenvalue weighted by Crippen LogP contribution is -2.47. The number of aliphatic carboxylic acids is 1. The average molecular weight is 387 g/mol. The number of urea groups is 1. The molecular formula is C19H25N5O4. The smallest absolute Gasteiger partial charge is 0.315 e. The van der Waals surface area contributed by atoms with Crippen LogP contribution in [0.3, 0.4) is 0 Å². The molecule has 0 aromatic heterocycles.